The van der Waals surface area contributed by atoms with Crippen molar-refractivity contribution < 1.29 is 9.90 Å². The predicted molar refractivity (Wildman–Crippen MR) is 41.7 cm³/mol. The molecule has 0 aromatic rings. The minimum Gasteiger partial charge on any atom is -0.481 e. The highest BCUT2D eigenvalue weighted by Gasteiger charge is 2.57. The maximum absolute atomic E-state index is 10.9. The van der Waals surface area contributed by atoms with E-state index < -0.39 is 11.4 Å². The molecule has 0 heterocycles. The fraction of sp³-hybridized carbons (Fsp3) is 0.875. The molecule has 0 radical (unpaired) electrons. The van der Waals surface area contributed by atoms with Gasteiger partial charge in [0.15, 0.2) is 0 Å². The molecule has 0 atom stereocenters. The Morgan fingerprint density at radius 1 is 1.27 bits per heavy atom. The lowest BCUT2D eigenvalue weighted by molar-refractivity contribution is -0.148. The van der Waals surface area contributed by atoms with E-state index in [0.29, 0.717) is 6.42 Å². The molecule has 1 N–H and O–H groups in total. The summed E-state index contributed by atoms with van der Waals surface area (Å²) in [6.45, 7) is 0. The van der Waals surface area contributed by atoms with Crippen molar-refractivity contribution >= 4 is 17.6 Å². The molecule has 2 nitrogen and oxygen atoms in total. The third-order valence-electron chi connectivity index (χ3n) is 3.21. The van der Waals surface area contributed by atoms with Crippen molar-refractivity contribution in [2.75, 3.05) is 0 Å². The van der Waals surface area contributed by atoms with Gasteiger partial charge in [0.2, 0.25) is 0 Å². The number of rotatable bonds is 1. The summed E-state index contributed by atoms with van der Waals surface area (Å²) >= 11 is 6.17. The molecule has 0 saturated heterocycles. The zero-order chi connectivity index (χ0) is 8.11. The van der Waals surface area contributed by atoms with Gasteiger partial charge in [-0.25, -0.2) is 0 Å². The Kier molecular flexibility index (Phi) is 1.29. The first-order valence-electron chi connectivity index (χ1n) is 3.99. The molecule has 0 amide bonds. The number of alkyl halides is 1. The summed E-state index contributed by atoms with van der Waals surface area (Å²) in [4.78, 5) is 10.7. The van der Waals surface area contributed by atoms with E-state index in [2.05, 4.69) is 0 Å². The molecular formula is C8H11ClO2. The van der Waals surface area contributed by atoms with Gasteiger partial charge >= 0.3 is 5.97 Å². The molecule has 0 aromatic carbocycles. The van der Waals surface area contributed by atoms with Crippen LogP contribution in [0.25, 0.3) is 0 Å². The van der Waals surface area contributed by atoms with Gasteiger partial charge < -0.3 is 5.11 Å². The zero-order valence-electron chi connectivity index (χ0n) is 6.27. The first-order chi connectivity index (χ1) is 5.06. The van der Waals surface area contributed by atoms with E-state index >= 15 is 0 Å². The van der Waals surface area contributed by atoms with Crippen LogP contribution in [-0.2, 0) is 4.79 Å². The number of halogens is 1. The van der Waals surface area contributed by atoms with Crippen molar-refractivity contribution in [3.8, 4) is 0 Å². The Labute approximate surface area is 70.5 Å². The van der Waals surface area contributed by atoms with Gasteiger partial charge in [-0.15, -0.1) is 11.6 Å². The molecule has 11 heavy (non-hydrogen) atoms. The molecule has 0 aromatic heterocycles. The standard InChI is InChI=1S/C8H11ClO2/c9-8-3-1-7(5-8,2-4-8)6(10)11/h1-5H2,(H,10,11). The van der Waals surface area contributed by atoms with Crippen LogP contribution in [0.1, 0.15) is 32.1 Å². The quantitative estimate of drug-likeness (QED) is 0.618. The molecule has 0 unspecified atom stereocenters. The van der Waals surface area contributed by atoms with Gasteiger partial charge in [0.05, 0.1) is 5.41 Å². The van der Waals surface area contributed by atoms with Crippen LogP contribution in [0, 0.1) is 5.41 Å². The Bertz CT molecular complexity index is 204. The number of fused-ring (bicyclic) bond motifs is 2. The first kappa shape index (κ1) is 7.41. The monoisotopic (exact) mass is 174 g/mol. The van der Waals surface area contributed by atoms with Crippen LogP contribution >= 0.6 is 11.6 Å². The van der Waals surface area contributed by atoms with E-state index in [1.807, 2.05) is 0 Å². The fourth-order valence-corrected chi connectivity index (χ4v) is 2.87. The van der Waals surface area contributed by atoms with Crippen molar-refractivity contribution in [2.45, 2.75) is 37.0 Å². The van der Waals surface area contributed by atoms with Crippen molar-refractivity contribution in [1.82, 2.24) is 0 Å². The van der Waals surface area contributed by atoms with Gasteiger partial charge in [-0.2, -0.15) is 0 Å². The van der Waals surface area contributed by atoms with E-state index in [1.165, 1.54) is 0 Å². The lowest BCUT2D eigenvalue weighted by atomic mass is 9.85. The summed E-state index contributed by atoms with van der Waals surface area (Å²) < 4.78 is 0. The number of carboxylic acid groups (broad SMARTS) is 1. The van der Waals surface area contributed by atoms with Gasteiger partial charge in [0.25, 0.3) is 0 Å². The van der Waals surface area contributed by atoms with Crippen molar-refractivity contribution in [2.24, 2.45) is 5.41 Å². The summed E-state index contributed by atoms with van der Waals surface area (Å²) in [5.74, 6) is -0.641. The second-order valence-electron chi connectivity index (χ2n) is 3.91. The van der Waals surface area contributed by atoms with E-state index in [-0.39, 0.29) is 4.87 Å². The first-order valence-corrected chi connectivity index (χ1v) is 4.37. The average molecular weight is 175 g/mol. The molecule has 2 aliphatic rings. The maximum atomic E-state index is 10.9. The molecule has 0 spiro atoms. The Hall–Kier alpha value is -0.240. The number of hydrogen-bond donors (Lipinski definition) is 1. The van der Waals surface area contributed by atoms with E-state index in [9.17, 15) is 4.79 Å². The number of carbonyl (C=O) groups is 1. The van der Waals surface area contributed by atoms with Crippen LogP contribution in [-0.4, -0.2) is 16.0 Å². The lowest BCUT2D eigenvalue weighted by Crippen LogP contribution is -2.25. The smallest absolute Gasteiger partial charge is 0.309 e. The summed E-state index contributed by atoms with van der Waals surface area (Å²) in [5, 5.41) is 8.95. The van der Waals surface area contributed by atoms with Gasteiger partial charge in [-0.3, -0.25) is 4.79 Å². The molecular weight excluding hydrogens is 164 g/mol. The highest BCUT2D eigenvalue weighted by molar-refractivity contribution is 6.24. The minimum absolute atomic E-state index is 0.154. The molecule has 2 saturated carbocycles. The second-order valence-corrected chi connectivity index (χ2v) is 4.71. The van der Waals surface area contributed by atoms with E-state index in [4.69, 9.17) is 16.7 Å². The summed E-state index contributed by atoms with van der Waals surface area (Å²) in [6.07, 6.45) is 4.04. The van der Waals surface area contributed by atoms with E-state index in [1.54, 1.807) is 0 Å². The van der Waals surface area contributed by atoms with Crippen molar-refractivity contribution in [1.29, 1.82) is 0 Å². The summed E-state index contributed by atoms with van der Waals surface area (Å²) in [6, 6.07) is 0. The fourth-order valence-electron chi connectivity index (χ4n) is 2.43. The SMILES string of the molecule is O=C(O)C12CCC(Cl)(CC1)C2. The predicted octanol–water partition coefficient (Wildman–Crippen LogP) is 2.01. The van der Waals surface area contributed by atoms with Crippen LogP contribution in [0.5, 0.6) is 0 Å². The van der Waals surface area contributed by atoms with Gasteiger partial charge in [-0.1, -0.05) is 0 Å². The normalized spacial score (nSPS) is 48.1. The zero-order valence-corrected chi connectivity index (χ0v) is 7.02. The minimum atomic E-state index is -0.641. The third-order valence-corrected chi connectivity index (χ3v) is 3.72. The van der Waals surface area contributed by atoms with Gasteiger partial charge in [0.1, 0.15) is 0 Å². The molecule has 2 fully saturated rings. The van der Waals surface area contributed by atoms with Crippen molar-refractivity contribution in [3.05, 3.63) is 0 Å². The topological polar surface area (TPSA) is 37.3 Å². The third kappa shape index (κ3) is 0.886. The Morgan fingerprint density at radius 2 is 1.82 bits per heavy atom. The second kappa shape index (κ2) is 1.92. The summed E-state index contributed by atoms with van der Waals surface area (Å²) in [5.41, 5.74) is -0.443. The summed E-state index contributed by atoms with van der Waals surface area (Å²) in [7, 11) is 0. The molecule has 3 heteroatoms. The number of hydrogen-bond acceptors (Lipinski definition) is 1. The van der Waals surface area contributed by atoms with Gasteiger partial charge in [0, 0.05) is 4.87 Å². The van der Waals surface area contributed by atoms with Crippen LogP contribution in [0.2, 0.25) is 0 Å². The van der Waals surface area contributed by atoms with Crippen LogP contribution in [0.4, 0.5) is 0 Å². The molecule has 2 rings (SSSR count). The highest BCUT2D eigenvalue weighted by Crippen LogP contribution is 2.59. The number of aliphatic carboxylic acids is 1. The Morgan fingerprint density at radius 3 is 2.00 bits per heavy atom. The molecule has 2 aliphatic carbocycles. The highest BCUT2D eigenvalue weighted by atomic mass is 35.5. The average Bonchev–Trinajstić information content (AvgIpc) is 2.42. The maximum Gasteiger partial charge on any atom is 0.309 e. The van der Waals surface area contributed by atoms with Crippen molar-refractivity contribution in [3.63, 3.8) is 0 Å². The Balaban J connectivity index is 2.27. The van der Waals surface area contributed by atoms with Crippen LogP contribution < -0.4 is 0 Å². The molecule has 62 valence electrons. The lowest BCUT2D eigenvalue weighted by Gasteiger charge is -2.20. The molecule has 0 aliphatic heterocycles. The number of carboxylic acids is 1. The van der Waals surface area contributed by atoms with E-state index in [0.717, 1.165) is 25.7 Å². The van der Waals surface area contributed by atoms with Crippen LogP contribution in [0.3, 0.4) is 0 Å². The largest absolute Gasteiger partial charge is 0.481 e. The molecule has 2 bridgehead atoms. The van der Waals surface area contributed by atoms with Crippen LogP contribution in [0.15, 0.2) is 0 Å². The van der Waals surface area contributed by atoms with Gasteiger partial charge in [-0.05, 0) is 32.1 Å².